The lowest BCUT2D eigenvalue weighted by atomic mass is 10.1. The number of hydrogen-bond acceptors (Lipinski definition) is 3. The first-order valence-corrected chi connectivity index (χ1v) is 4.99. The molecule has 0 aliphatic heterocycles. The van der Waals surface area contributed by atoms with Gasteiger partial charge in [0.25, 0.3) is 5.56 Å². The van der Waals surface area contributed by atoms with Gasteiger partial charge < -0.3 is 10.7 Å². The van der Waals surface area contributed by atoms with E-state index in [1.54, 1.807) is 4.40 Å². The lowest BCUT2D eigenvalue weighted by Gasteiger charge is -2.08. The number of rotatable bonds is 2. The van der Waals surface area contributed by atoms with Crippen molar-refractivity contribution in [3.05, 3.63) is 28.4 Å². The Morgan fingerprint density at radius 2 is 2.40 bits per heavy atom. The maximum Gasteiger partial charge on any atom is 0.291 e. The van der Waals surface area contributed by atoms with Crippen molar-refractivity contribution < 1.29 is 0 Å². The van der Waals surface area contributed by atoms with Crippen LogP contribution in [0.1, 0.15) is 31.9 Å². The van der Waals surface area contributed by atoms with Crippen LogP contribution in [0.5, 0.6) is 0 Å². The Balaban J connectivity index is 2.70. The highest BCUT2D eigenvalue weighted by Crippen LogP contribution is 2.15. The van der Waals surface area contributed by atoms with E-state index in [-0.39, 0.29) is 5.56 Å². The van der Waals surface area contributed by atoms with Crippen LogP contribution in [0.3, 0.4) is 0 Å². The molecule has 5 heteroatoms. The first kappa shape index (κ1) is 9.76. The second kappa shape index (κ2) is 3.42. The molecule has 2 aromatic rings. The molecule has 3 N–H and O–H groups in total. The number of aromatic amines is 1. The smallest absolute Gasteiger partial charge is 0.291 e. The monoisotopic (exact) mass is 206 g/mol. The number of nitrogens with two attached hydrogens (primary N) is 1. The molecule has 1 unspecified atom stereocenters. The summed E-state index contributed by atoms with van der Waals surface area (Å²) in [6, 6.07) is 0. The van der Waals surface area contributed by atoms with Gasteiger partial charge in [-0.1, -0.05) is 13.8 Å². The lowest BCUT2D eigenvalue weighted by Crippen LogP contribution is -2.15. The van der Waals surface area contributed by atoms with Gasteiger partial charge in [0, 0.05) is 11.9 Å². The molecule has 2 aromatic heterocycles. The van der Waals surface area contributed by atoms with Crippen molar-refractivity contribution in [2.75, 3.05) is 5.73 Å². The van der Waals surface area contributed by atoms with Crippen LogP contribution in [-0.2, 0) is 0 Å². The third-order valence-corrected chi connectivity index (χ3v) is 2.70. The zero-order valence-corrected chi connectivity index (χ0v) is 8.82. The van der Waals surface area contributed by atoms with E-state index in [4.69, 9.17) is 5.73 Å². The SMILES string of the molecule is CCC(C)c1cn2c(N)cnc2c(=O)[nH]1. The number of hydrogen-bond donors (Lipinski definition) is 2. The molecule has 0 aliphatic carbocycles. The predicted molar refractivity (Wildman–Crippen MR) is 58.9 cm³/mol. The quantitative estimate of drug-likeness (QED) is 0.773. The van der Waals surface area contributed by atoms with E-state index in [0.29, 0.717) is 17.4 Å². The fourth-order valence-corrected chi connectivity index (χ4v) is 1.51. The van der Waals surface area contributed by atoms with Crippen LogP contribution in [0.2, 0.25) is 0 Å². The molecule has 15 heavy (non-hydrogen) atoms. The Morgan fingerprint density at radius 3 is 3.07 bits per heavy atom. The number of aromatic nitrogens is 3. The Morgan fingerprint density at radius 1 is 1.67 bits per heavy atom. The second-order valence-electron chi connectivity index (χ2n) is 3.72. The van der Waals surface area contributed by atoms with Gasteiger partial charge in [-0.3, -0.25) is 9.20 Å². The third-order valence-electron chi connectivity index (χ3n) is 2.70. The molecule has 2 heterocycles. The van der Waals surface area contributed by atoms with Crippen molar-refractivity contribution in [2.24, 2.45) is 0 Å². The molecule has 0 aromatic carbocycles. The molecule has 0 saturated carbocycles. The number of fused-ring (bicyclic) bond motifs is 1. The van der Waals surface area contributed by atoms with E-state index in [1.807, 2.05) is 6.20 Å². The third kappa shape index (κ3) is 1.49. The van der Waals surface area contributed by atoms with Crippen molar-refractivity contribution in [3.8, 4) is 0 Å². The molecule has 0 radical (unpaired) electrons. The fraction of sp³-hybridized carbons (Fsp3) is 0.400. The van der Waals surface area contributed by atoms with Gasteiger partial charge in [-0.25, -0.2) is 4.98 Å². The van der Waals surface area contributed by atoms with Gasteiger partial charge in [0.05, 0.1) is 6.20 Å². The summed E-state index contributed by atoms with van der Waals surface area (Å²) in [7, 11) is 0. The van der Waals surface area contributed by atoms with Crippen LogP contribution in [0.25, 0.3) is 5.65 Å². The maximum atomic E-state index is 11.6. The molecule has 2 rings (SSSR count). The molecular formula is C10H14N4O. The number of H-pyrrole nitrogens is 1. The molecule has 0 bridgehead atoms. The zero-order valence-electron chi connectivity index (χ0n) is 8.82. The highest BCUT2D eigenvalue weighted by atomic mass is 16.1. The van der Waals surface area contributed by atoms with Gasteiger partial charge >= 0.3 is 0 Å². The van der Waals surface area contributed by atoms with E-state index >= 15 is 0 Å². The zero-order chi connectivity index (χ0) is 11.0. The largest absolute Gasteiger partial charge is 0.383 e. The molecule has 5 nitrogen and oxygen atoms in total. The Bertz CT molecular complexity index is 540. The number of nitrogens with one attached hydrogen (secondary N) is 1. The lowest BCUT2D eigenvalue weighted by molar-refractivity contribution is 0.698. The van der Waals surface area contributed by atoms with E-state index < -0.39 is 0 Å². The summed E-state index contributed by atoms with van der Waals surface area (Å²) >= 11 is 0. The van der Waals surface area contributed by atoms with Gasteiger partial charge in [-0.15, -0.1) is 0 Å². The summed E-state index contributed by atoms with van der Waals surface area (Å²) in [6.07, 6.45) is 4.30. The normalized spacial score (nSPS) is 13.2. The average Bonchev–Trinajstić information content (AvgIpc) is 2.60. The predicted octanol–water partition coefficient (Wildman–Crippen LogP) is 1.12. The van der Waals surface area contributed by atoms with Gasteiger partial charge in [0.1, 0.15) is 5.82 Å². The molecular weight excluding hydrogens is 192 g/mol. The van der Waals surface area contributed by atoms with Crippen LogP contribution in [-0.4, -0.2) is 14.4 Å². The molecule has 0 fully saturated rings. The first-order chi connectivity index (χ1) is 7.13. The van der Waals surface area contributed by atoms with Crippen molar-refractivity contribution in [2.45, 2.75) is 26.2 Å². The van der Waals surface area contributed by atoms with Gasteiger partial charge in [0.15, 0.2) is 0 Å². The minimum absolute atomic E-state index is 0.190. The van der Waals surface area contributed by atoms with Crippen LogP contribution in [0.15, 0.2) is 17.2 Å². The molecule has 80 valence electrons. The van der Waals surface area contributed by atoms with Crippen LogP contribution < -0.4 is 11.3 Å². The van der Waals surface area contributed by atoms with Gasteiger partial charge in [-0.05, 0) is 12.3 Å². The maximum absolute atomic E-state index is 11.6. The summed E-state index contributed by atoms with van der Waals surface area (Å²) in [5.74, 6) is 0.796. The van der Waals surface area contributed by atoms with Crippen LogP contribution in [0, 0.1) is 0 Å². The molecule has 0 spiro atoms. The topological polar surface area (TPSA) is 76.2 Å². The fourth-order valence-electron chi connectivity index (χ4n) is 1.51. The van der Waals surface area contributed by atoms with Crippen LogP contribution in [0.4, 0.5) is 5.82 Å². The standard InChI is InChI=1S/C10H14N4O/c1-3-6(2)7-5-14-8(11)4-12-9(14)10(15)13-7/h4-6H,3,11H2,1-2H3,(H,13,15). The number of anilines is 1. The molecule has 0 aliphatic rings. The molecule has 0 amide bonds. The Kier molecular flexibility index (Phi) is 2.22. The van der Waals surface area contributed by atoms with E-state index in [2.05, 4.69) is 23.8 Å². The number of nitrogens with zero attached hydrogens (tertiary/aromatic N) is 2. The summed E-state index contributed by atoms with van der Waals surface area (Å²) < 4.78 is 1.63. The van der Waals surface area contributed by atoms with Crippen molar-refractivity contribution in [3.63, 3.8) is 0 Å². The molecule has 0 saturated heterocycles. The number of nitrogen functional groups attached to an aromatic ring is 1. The van der Waals surface area contributed by atoms with Gasteiger partial charge in [-0.2, -0.15) is 0 Å². The minimum Gasteiger partial charge on any atom is -0.383 e. The summed E-state index contributed by atoms with van der Waals surface area (Å²) in [5, 5.41) is 0. The van der Waals surface area contributed by atoms with E-state index in [0.717, 1.165) is 12.1 Å². The van der Waals surface area contributed by atoms with Crippen molar-refractivity contribution in [1.82, 2.24) is 14.4 Å². The second-order valence-corrected chi connectivity index (χ2v) is 3.72. The highest BCUT2D eigenvalue weighted by Gasteiger charge is 2.09. The summed E-state index contributed by atoms with van der Waals surface area (Å²) in [4.78, 5) is 18.4. The summed E-state index contributed by atoms with van der Waals surface area (Å²) in [5.41, 5.74) is 6.75. The van der Waals surface area contributed by atoms with E-state index in [1.165, 1.54) is 6.20 Å². The number of imidazole rings is 1. The van der Waals surface area contributed by atoms with Crippen LogP contribution >= 0.6 is 0 Å². The highest BCUT2D eigenvalue weighted by molar-refractivity contribution is 5.46. The summed E-state index contributed by atoms with van der Waals surface area (Å²) in [6.45, 7) is 4.13. The Labute approximate surface area is 87.0 Å². The van der Waals surface area contributed by atoms with Gasteiger partial charge in [0.2, 0.25) is 5.65 Å². The minimum atomic E-state index is -0.190. The van der Waals surface area contributed by atoms with Crippen molar-refractivity contribution in [1.29, 1.82) is 0 Å². The Hall–Kier alpha value is -1.78. The van der Waals surface area contributed by atoms with E-state index in [9.17, 15) is 4.79 Å². The first-order valence-electron chi connectivity index (χ1n) is 4.99. The average molecular weight is 206 g/mol. The molecule has 1 atom stereocenters. The van der Waals surface area contributed by atoms with Crippen molar-refractivity contribution >= 4 is 11.5 Å².